The summed E-state index contributed by atoms with van der Waals surface area (Å²) < 4.78 is 8.21. The molecule has 0 bridgehead atoms. The molecule has 1 aliphatic carbocycles. The molecule has 0 amide bonds. The second-order valence-electron chi connectivity index (χ2n) is 8.00. The molecule has 0 N–H and O–H groups in total. The van der Waals surface area contributed by atoms with Gasteiger partial charge in [-0.1, -0.05) is 12.1 Å². The van der Waals surface area contributed by atoms with Crippen LogP contribution in [0, 0.1) is 5.92 Å². The van der Waals surface area contributed by atoms with Crippen molar-refractivity contribution in [2.24, 2.45) is 5.92 Å². The van der Waals surface area contributed by atoms with E-state index in [2.05, 4.69) is 63.8 Å². The fraction of sp³-hybridized carbons (Fsp3) is 0.435. The standard InChI is InChI=1S/C23H27N3O/c1-17(27-15-18-7-8-18)19-9-10-23-22(13-19)24-16-26(23)21-6-4-5-20(14-21)25-11-2-3-12-25/h4-6,9-10,13-14,16-18H,2-3,7-8,11-12,15H2,1H3. The van der Waals surface area contributed by atoms with Gasteiger partial charge in [0.2, 0.25) is 0 Å². The topological polar surface area (TPSA) is 30.3 Å². The lowest BCUT2D eigenvalue weighted by Gasteiger charge is -2.18. The summed E-state index contributed by atoms with van der Waals surface area (Å²) in [6.07, 6.45) is 7.30. The molecule has 1 unspecified atom stereocenters. The van der Waals surface area contributed by atoms with Crippen LogP contribution >= 0.6 is 0 Å². The van der Waals surface area contributed by atoms with Crippen LogP contribution in [0.15, 0.2) is 48.8 Å². The van der Waals surface area contributed by atoms with E-state index in [4.69, 9.17) is 4.74 Å². The number of ether oxygens (including phenoxy) is 1. The van der Waals surface area contributed by atoms with E-state index in [1.165, 1.54) is 42.6 Å². The van der Waals surface area contributed by atoms with Gasteiger partial charge in [-0.25, -0.2) is 4.98 Å². The first-order valence-corrected chi connectivity index (χ1v) is 10.2. The normalized spacial score (nSPS) is 18.3. The molecule has 140 valence electrons. The molecule has 4 nitrogen and oxygen atoms in total. The van der Waals surface area contributed by atoms with Gasteiger partial charge in [-0.2, -0.15) is 0 Å². The van der Waals surface area contributed by atoms with Gasteiger partial charge in [0.15, 0.2) is 0 Å². The Morgan fingerprint density at radius 1 is 1.07 bits per heavy atom. The van der Waals surface area contributed by atoms with Crippen molar-refractivity contribution >= 4 is 16.7 Å². The Bertz CT molecular complexity index is 938. The molecule has 5 rings (SSSR count). The Morgan fingerprint density at radius 3 is 2.70 bits per heavy atom. The molecule has 0 spiro atoms. The summed E-state index contributed by atoms with van der Waals surface area (Å²) in [5, 5.41) is 0. The molecular formula is C23H27N3O. The van der Waals surface area contributed by atoms with E-state index in [0.717, 1.165) is 36.6 Å². The number of fused-ring (bicyclic) bond motifs is 1. The van der Waals surface area contributed by atoms with Crippen LogP contribution < -0.4 is 4.90 Å². The fourth-order valence-electron chi connectivity index (χ4n) is 3.96. The average molecular weight is 361 g/mol. The van der Waals surface area contributed by atoms with Crippen LogP contribution in [-0.4, -0.2) is 29.2 Å². The highest BCUT2D eigenvalue weighted by molar-refractivity contribution is 5.78. The first-order chi connectivity index (χ1) is 13.3. The molecule has 2 aromatic carbocycles. The summed E-state index contributed by atoms with van der Waals surface area (Å²) in [4.78, 5) is 7.14. The van der Waals surface area contributed by atoms with Gasteiger partial charge in [-0.05, 0) is 74.4 Å². The first-order valence-electron chi connectivity index (χ1n) is 10.2. The molecule has 0 radical (unpaired) electrons. The number of rotatable bonds is 6. The second kappa shape index (κ2) is 7.01. The van der Waals surface area contributed by atoms with E-state index < -0.39 is 0 Å². The largest absolute Gasteiger partial charge is 0.374 e. The Balaban J connectivity index is 1.41. The van der Waals surface area contributed by atoms with Crippen LogP contribution in [-0.2, 0) is 4.74 Å². The van der Waals surface area contributed by atoms with E-state index in [-0.39, 0.29) is 6.10 Å². The average Bonchev–Trinajstić information content (AvgIpc) is 3.19. The summed E-state index contributed by atoms with van der Waals surface area (Å²) in [5.74, 6) is 0.790. The number of hydrogen-bond acceptors (Lipinski definition) is 3. The summed E-state index contributed by atoms with van der Waals surface area (Å²) in [6, 6.07) is 15.3. The van der Waals surface area contributed by atoms with Gasteiger partial charge in [-0.3, -0.25) is 4.57 Å². The van der Waals surface area contributed by atoms with E-state index in [0.29, 0.717) is 0 Å². The molecular weight excluding hydrogens is 334 g/mol. The van der Waals surface area contributed by atoms with Gasteiger partial charge < -0.3 is 9.64 Å². The van der Waals surface area contributed by atoms with Crippen molar-refractivity contribution in [3.05, 3.63) is 54.4 Å². The SMILES string of the molecule is CC(OCC1CC1)c1ccc2c(c1)ncn2-c1cccc(N2CCCC2)c1. The first kappa shape index (κ1) is 16.8. The third kappa shape index (κ3) is 3.46. The number of imidazole rings is 1. The Labute approximate surface area is 160 Å². The molecule has 1 atom stereocenters. The van der Waals surface area contributed by atoms with Gasteiger partial charge in [0.25, 0.3) is 0 Å². The Hall–Kier alpha value is -2.33. The third-order valence-corrected chi connectivity index (χ3v) is 5.90. The van der Waals surface area contributed by atoms with Crippen molar-refractivity contribution < 1.29 is 4.74 Å². The number of anilines is 1. The Morgan fingerprint density at radius 2 is 1.89 bits per heavy atom. The molecule has 4 heteroatoms. The maximum absolute atomic E-state index is 6.02. The lowest BCUT2D eigenvalue weighted by Crippen LogP contribution is -2.17. The van der Waals surface area contributed by atoms with Crippen molar-refractivity contribution in [3.63, 3.8) is 0 Å². The van der Waals surface area contributed by atoms with E-state index in [1.54, 1.807) is 0 Å². The molecule has 2 heterocycles. The van der Waals surface area contributed by atoms with Gasteiger partial charge in [0, 0.05) is 24.5 Å². The number of aromatic nitrogens is 2. The zero-order valence-corrected chi connectivity index (χ0v) is 16.0. The minimum absolute atomic E-state index is 0.124. The summed E-state index contributed by atoms with van der Waals surface area (Å²) >= 11 is 0. The third-order valence-electron chi connectivity index (χ3n) is 5.90. The zero-order chi connectivity index (χ0) is 18.2. The van der Waals surface area contributed by atoms with E-state index in [9.17, 15) is 0 Å². The number of nitrogens with zero attached hydrogens (tertiary/aromatic N) is 3. The van der Waals surface area contributed by atoms with Crippen LogP contribution in [0.2, 0.25) is 0 Å². The monoisotopic (exact) mass is 361 g/mol. The van der Waals surface area contributed by atoms with Crippen LogP contribution in [0.1, 0.15) is 44.3 Å². The minimum Gasteiger partial charge on any atom is -0.374 e. The van der Waals surface area contributed by atoms with Gasteiger partial charge >= 0.3 is 0 Å². The molecule has 27 heavy (non-hydrogen) atoms. The lowest BCUT2D eigenvalue weighted by atomic mass is 10.1. The highest BCUT2D eigenvalue weighted by Gasteiger charge is 2.22. The minimum atomic E-state index is 0.124. The predicted molar refractivity (Wildman–Crippen MR) is 110 cm³/mol. The highest BCUT2D eigenvalue weighted by atomic mass is 16.5. The van der Waals surface area contributed by atoms with Crippen LogP contribution in [0.25, 0.3) is 16.7 Å². The van der Waals surface area contributed by atoms with Gasteiger partial charge in [0.05, 0.1) is 23.7 Å². The molecule has 1 aromatic heterocycles. The summed E-state index contributed by atoms with van der Waals surface area (Å²) in [6.45, 7) is 5.35. The molecule has 2 aliphatic rings. The fourth-order valence-corrected chi connectivity index (χ4v) is 3.96. The van der Waals surface area contributed by atoms with Crippen LogP contribution in [0.4, 0.5) is 5.69 Å². The maximum Gasteiger partial charge on any atom is 0.100 e. The maximum atomic E-state index is 6.02. The van der Waals surface area contributed by atoms with E-state index in [1.807, 2.05) is 6.33 Å². The van der Waals surface area contributed by atoms with Gasteiger partial charge in [-0.15, -0.1) is 0 Å². The lowest BCUT2D eigenvalue weighted by molar-refractivity contribution is 0.0580. The van der Waals surface area contributed by atoms with Crippen molar-refractivity contribution in [1.82, 2.24) is 9.55 Å². The van der Waals surface area contributed by atoms with Crippen molar-refractivity contribution in [1.29, 1.82) is 0 Å². The molecule has 3 aromatic rings. The van der Waals surface area contributed by atoms with Crippen LogP contribution in [0.3, 0.4) is 0 Å². The smallest absolute Gasteiger partial charge is 0.100 e. The number of hydrogen-bond donors (Lipinski definition) is 0. The molecule has 1 saturated heterocycles. The van der Waals surface area contributed by atoms with Crippen molar-refractivity contribution in [3.8, 4) is 5.69 Å². The van der Waals surface area contributed by atoms with Gasteiger partial charge in [0.1, 0.15) is 6.33 Å². The zero-order valence-electron chi connectivity index (χ0n) is 16.0. The Kier molecular flexibility index (Phi) is 4.36. The van der Waals surface area contributed by atoms with E-state index >= 15 is 0 Å². The van der Waals surface area contributed by atoms with Crippen molar-refractivity contribution in [2.45, 2.75) is 38.7 Å². The second-order valence-corrected chi connectivity index (χ2v) is 8.00. The molecule has 1 saturated carbocycles. The summed E-state index contributed by atoms with van der Waals surface area (Å²) in [5.41, 5.74) is 5.87. The number of benzene rings is 2. The predicted octanol–water partition coefficient (Wildman–Crippen LogP) is 5.11. The molecule has 1 aliphatic heterocycles. The summed E-state index contributed by atoms with van der Waals surface area (Å²) in [7, 11) is 0. The molecule has 2 fully saturated rings. The van der Waals surface area contributed by atoms with Crippen LogP contribution in [0.5, 0.6) is 0 Å². The highest BCUT2D eigenvalue weighted by Crippen LogP contribution is 2.32. The van der Waals surface area contributed by atoms with Crippen molar-refractivity contribution in [2.75, 3.05) is 24.6 Å². The quantitative estimate of drug-likeness (QED) is 0.611.